The van der Waals surface area contributed by atoms with Crippen molar-refractivity contribution in [2.45, 2.75) is 60.1 Å². The van der Waals surface area contributed by atoms with Gasteiger partial charge in [-0.3, -0.25) is 4.90 Å². The molecule has 0 aliphatic carbocycles. The van der Waals surface area contributed by atoms with Crippen molar-refractivity contribution >= 4 is 11.9 Å². The standard InChI is InChI=1S/C15H25N3O2/c1-14(2,3)10-11-9-12-17(7-8-18(12)16-11)13(19)20-15(4,5)6/h9H,7-8,10H2,1-6H3. The Labute approximate surface area is 120 Å². The molecule has 20 heavy (non-hydrogen) atoms. The molecule has 2 rings (SSSR count). The average molecular weight is 279 g/mol. The lowest BCUT2D eigenvalue weighted by Crippen LogP contribution is -2.35. The highest BCUT2D eigenvalue weighted by molar-refractivity contribution is 5.87. The summed E-state index contributed by atoms with van der Waals surface area (Å²) < 4.78 is 7.33. The summed E-state index contributed by atoms with van der Waals surface area (Å²) in [5.41, 5.74) is 0.742. The molecule has 1 amide bonds. The van der Waals surface area contributed by atoms with Crippen LogP contribution in [0.15, 0.2) is 6.07 Å². The van der Waals surface area contributed by atoms with Crippen LogP contribution in [-0.2, 0) is 17.7 Å². The van der Waals surface area contributed by atoms with E-state index in [4.69, 9.17) is 4.74 Å². The third-order valence-electron chi connectivity index (χ3n) is 2.95. The van der Waals surface area contributed by atoms with E-state index in [2.05, 4.69) is 25.9 Å². The monoisotopic (exact) mass is 279 g/mol. The lowest BCUT2D eigenvalue weighted by Gasteiger charge is -2.23. The predicted molar refractivity (Wildman–Crippen MR) is 79.0 cm³/mol. The second-order valence-corrected chi connectivity index (χ2v) is 7.59. The Bertz CT molecular complexity index is 506. The van der Waals surface area contributed by atoms with Gasteiger partial charge in [0.25, 0.3) is 0 Å². The number of anilines is 1. The molecule has 0 bridgehead atoms. The number of aromatic nitrogens is 2. The summed E-state index contributed by atoms with van der Waals surface area (Å²) in [6.07, 6.45) is 0.605. The number of ether oxygens (including phenoxy) is 1. The van der Waals surface area contributed by atoms with E-state index >= 15 is 0 Å². The molecule has 5 nitrogen and oxygen atoms in total. The van der Waals surface area contributed by atoms with Gasteiger partial charge in [-0.1, -0.05) is 20.8 Å². The molecule has 1 aliphatic rings. The van der Waals surface area contributed by atoms with Crippen LogP contribution in [0.1, 0.15) is 47.2 Å². The topological polar surface area (TPSA) is 47.4 Å². The van der Waals surface area contributed by atoms with E-state index in [1.165, 1.54) is 0 Å². The van der Waals surface area contributed by atoms with E-state index in [0.29, 0.717) is 6.54 Å². The summed E-state index contributed by atoms with van der Waals surface area (Å²) in [5, 5.41) is 4.57. The van der Waals surface area contributed by atoms with E-state index in [1.807, 2.05) is 31.5 Å². The molecule has 0 unspecified atom stereocenters. The number of rotatable bonds is 1. The van der Waals surface area contributed by atoms with Crippen molar-refractivity contribution in [1.82, 2.24) is 9.78 Å². The first-order valence-electron chi connectivity index (χ1n) is 7.12. The maximum atomic E-state index is 12.2. The Hall–Kier alpha value is -1.52. The van der Waals surface area contributed by atoms with Gasteiger partial charge in [-0.15, -0.1) is 0 Å². The van der Waals surface area contributed by atoms with Crippen LogP contribution in [0.3, 0.4) is 0 Å². The second-order valence-electron chi connectivity index (χ2n) is 7.59. The smallest absolute Gasteiger partial charge is 0.416 e. The minimum Gasteiger partial charge on any atom is -0.443 e. The van der Waals surface area contributed by atoms with Gasteiger partial charge in [-0.25, -0.2) is 9.48 Å². The maximum Gasteiger partial charge on any atom is 0.416 e. The highest BCUT2D eigenvalue weighted by atomic mass is 16.6. The molecule has 0 saturated heterocycles. The average Bonchev–Trinajstić information content (AvgIpc) is 2.69. The first-order chi connectivity index (χ1) is 9.05. The molecule has 0 spiro atoms. The number of nitrogens with zero attached hydrogens (tertiary/aromatic N) is 3. The fraction of sp³-hybridized carbons (Fsp3) is 0.733. The molecule has 112 valence electrons. The molecule has 0 atom stereocenters. The Morgan fingerprint density at radius 3 is 2.45 bits per heavy atom. The van der Waals surface area contributed by atoms with E-state index in [1.54, 1.807) is 4.90 Å². The minimum absolute atomic E-state index is 0.187. The quantitative estimate of drug-likeness (QED) is 0.793. The lowest BCUT2D eigenvalue weighted by atomic mass is 9.91. The zero-order valence-electron chi connectivity index (χ0n) is 13.4. The second kappa shape index (κ2) is 4.79. The van der Waals surface area contributed by atoms with Crippen molar-refractivity contribution in [2.75, 3.05) is 11.4 Å². The van der Waals surface area contributed by atoms with Gasteiger partial charge in [0.05, 0.1) is 18.8 Å². The molecule has 0 saturated carbocycles. The Morgan fingerprint density at radius 2 is 1.90 bits per heavy atom. The molecule has 0 N–H and O–H groups in total. The molecular formula is C15H25N3O2. The van der Waals surface area contributed by atoms with Crippen LogP contribution in [0.2, 0.25) is 0 Å². The van der Waals surface area contributed by atoms with Crippen molar-refractivity contribution < 1.29 is 9.53 Å². The fourth-order valence-corrected chi connectivity index (χ4v) is 2.28. The van der Waals surface area contributed by atoms with E-state index in [0.717, 1.165) is 24.5 Å². The number of hydrogen-bond acceptors (Lipinski definition) is 3. The molecule has 1 aromatic heterocycles. The van der Waals surface area contributed by atoms with Crippen molar-refractivity contribution in [3.05, 3.63) is 11.8 Å². The number of carbonyl (C=O) groups excluding carboxylic acids is 1. The van der Waals surface area contributed by atoms with Crippen LogP contribution < -0.4 is 4.90 Å². The van der Waals surface area contributed by atoms with E-state index in [-0.39, 0.29) is 11.5 Å². The minimum atomic E-state index is -0.473. The molecule has 0 aromatic carbocycles. The van der Waals surface area contributed by atoms with Gasteiger partial charge in [-0.05, 0) is 32.6 Å². The van der Waals surface area contributed by atoms with Crippen LogP contribution in [0.4, 0.5) is 10.6 Å². The number of amides is 1. The molecule has 2 heterocycles. The van der Waals surface area contributed by atoms with Gasteiger partial charge < -0.3 is 4.74 Å². The van der Waals surface area contributed by atoms with Gasteiger partial charge in [0.2, 0.25) is 0 Å². The van der Waals surface area contributed by atoms with Crippen molar-refractivity contribution in [2.24, 2.45) is 5.41 Å². The van der Waals surface area contributed by atoms with Gasteiger partial charge in [0, 0.05) is 6.07 Å². The zero-order valence-corrected chi connectivity index (χ0v) is 13.4. The fourth-order valence-electron chi connectivity index (χ4n) is 2.28. The van der Waals surface area contributed by atoms with E-state index in [9.17, 15) is 4.79 Å². The van der Waals surface area contributed by atoms with Gasteiger partial charge in [0.15, 0.2) is 0 Å². The number of carbonyl (C=O) groups is 1. The van der Waals surface area contributed by atoms with Crippen molar-refractivity contribution in [3.8, 4) is 0 Å². The summed E-state index contributed by atoms with van der Waals surface area (Å²) in [5.74, 6) is 0.846. The van der Waals surface area contributed by atoms with Gasteiger partial charge >= 0.3 is 6.09 Å². The highest BCUT2D eigenvalue weighted by Crippen LogP contribution is 2.27. The number of fused-ring (bicyclic) bond motifs is 1. The SMILES string of the molecule is CC(C)(C)Cc1cc2n(n1)CCN2C(=O)OC(C)(C)C. The molecular weight excluding hydrogens is 254 g/mol. The summed E-state index contributed by atoms with van der Waals surface area (Å²) in [6.45, 7) is 13.6. The Balaban J connectivity index is 2.14. The summed E-state index contributed by atoms with van der Waals surface area (Å²) in [7, 11) is 0. The van der Waals surface area contributed by atoms with Crippen molar-refractivity contribution in [1.29, 1.82) is 0 Å². The molecule has 0 fully saturated rings. The molecule has 1 aliphatic heterocycles. The van der Waals surface area contributed by atoms with Gasteiger partial charge in [0.1, 0.15) is 11.4 Å². The summed E-state index contributed by atoms with van der Waals surface area (Å²) in [6, 6.07) is 2.00. The largest absolute Gasteiger partial charge is 0.443 e. The summed E-state index contributed by atoms with van der Waals surface area (Å²) >= 11 is 0. The van der Waals surface area contributed by atoms with E-state index < -0.39 is 5.60 Å². The number of hydrogen-bond donors (Lipinski definition) is 0. The lowest BCUT2D eigenvalue weighted by molar-refractivity contribution is 0.0584. The van der Waals surface area contributed by atoms with Crippen LogP contribution in [-0.4, -0.2) is 28.0 Å². The zero-order chi connectivity index (χ0) is 15.1. The first kappa shape index (κ1) is 14.9. The van der Waals surface area contributed by atoms with Gasteiger partial charge in [-0.2, -0.15) is 5.10 Å². The molecule has 0 radical (unpaired) electrons. The van der Waals surface area contributed by atoms with Crippen molar-refractivity contribution in [3.63, 3.8) is 0 Å². The predicted octanol–water partition coefficient (Wildman–Crippen LogP) is 3.23. The Morgan fingerprint density at radius 1 is 1.25 bits per heavy atom. The summed E-state index contributed by atoms with van der Waals surface area (Å²) in [4.78, 5) is 13.9. The Kier molecular flexibility index (Phi) is 3.56. The first-order valence-corrected chi connectivity index (χ1v) is 7.12. The maximum absolute atomic E-state index is 12.2. The molecule has 5 heteroatoms. The molecule has 1 aromatic rings. The van der Waals surface area contributed by atoms with Crippen LogP contribution in [0.5, 0.6) is 0 Å². The van der Waals surface area contributed by atoms with Crippen LogP contribution in [0, 0.1) is 5.41 Å². The third kappa shape index (κ3) is 3.52. The highest BCUT2D eigenvalue weighted by Gasteiger charge is 2.31. The van der Waals surface area contributed by atoms with Crippen LogP contribution in [0.25, 0.3) is 0 Å². The normalized spacial score (nSPS) is 15.4. The third-order valence-corrected chi connectivity index (χ3v) is 2.95. The van der Waals surface area contributed by atoms with Crippen LogP contribution >= 0.6 is 0 Å².